The van der Waals surface area contributed by atoms with Crippen LogP contribution in [0.3, 0.4) is 0 Å². The Morgan fingerprint density at radius 3 is 2.95 bits per heavy atom. The molecule has 0 fully saturated rings. The van der Waals surface area contributed by atoms with Crippen molar-refractivity contribution in [1.82, 2.24) is 0 Å². The fourth-order valence-electron chi connectivity index (χ4n) is 1.97. The van der Waals surface area contributed by atoms with Gasteiger partial charge in [-0.05, 0) is 24.1 Å². The average Bonchev–Trinajstić information content (AvgIpc) is 2.94. The van der Waals surface area contributed by atoms with Gasteiger partial charge in [0, 0.05) is 5.56 Å². The van der Waals surface area contributed by atoms with E-state index in [1.54, 1.807) is 0 Å². The minimum absolute atomic E-state index is 0.00640. The maximum absolute atomic E-state index is 5.87. The quantitative estimate of drug-likeness (QED) is 0.553. The molecule has 1 aromatic carbocycles. The van der Waals surface area contributed by atoms with Crippen molar-refractivity contribution in [2.24, 2.45) is 4.99 Å². The number of ether oxygens (including phenoxy) is 1. The number of benzene rings is 1. The van der Waals surface area contributed by atoms with E-state index in [0.29, 0.717) is 6.54 Å². The molecule has 100 valence electrons. The van der Waals surface area contributed by atoms with Gasteiger partial charge in [-0.1, -0.05) is 56.7 Å². The van der Waals surface area contributed by atoms with Crippen molar-refractivity contribution in [2.75, 3.05) is 6.54 Å². The van der Waals surface area contributed by atoms with Crippen LogP contribution in [0.25, 0.3) is 0 Å². The lowest BCUT2D eigenvalue weighted by Crippen LogP contribution is -2.14. The van der Waals surface area contributed by atoms with Crippen molar-refractivity contribution in [3.63, 3.8) is 0 Å². The first-order chi connectivity index (χ1) is 9.31. The molecule has 0 N–H and O–H groups in total. The molecule has 1 heterocycles. The molecule has 0 spiro atoms. The van der Waals surface area contributed by atoms with E-state index in [1.807, 2.05) is 30.3 Å². The van der Waals surface area contributed by atoms with Crippen molar-refractivity contribution in [3.8, 4) is 0 Å². The Kier molecular flexibility index (Phi) is 4.96. The zero-order valence-electron chi connectivity index (χ0n) is 11.5. The maximum Gasteiger partial charge on any atom is 0.216 e. The number of nitrogens with zero attached hydrogens (tertiary/aromatic N) is 1. The van der Waals surface area contributed by atoms with Crippen LogP contribution in [0.5, 0.6) is 0 Å². The third-order valence-corrected chi connectivity index (χ3v) is 3.15. The molecule has 0 saturated carbocycles. The van der Waals surface area contributed by atoms with E-state index in [2.05, 4.69) is 30.6 Å². The Morgan fingerprint density at radius 1 is 1.42 bits per heavy atom. The standard InChI is InChI=1S/C17H21NO/c1-3-4-5-7-10-14(2)16-13-18-17(19-16)15-11-8-6-9-12-15/h6-12,16H,2-5,13H2,1H3/b10-7+. The van der Waals surface area contributed by atoms with Crippen LogP contribution < -0.4 is 0 Å². The Hall–Kier alpha value is -1.83. The highest BCUT2D eigenvalue weighted by Gasteiger charge is 2.21. The van der Waals surface area contributed by atoms with Gasteiger partial charge in [0.15, 0.2) is 0 Å². The highest BCUT2D eigenvalue weighted by Crippen LogP contribution is 2.18. The first-order valence-corrected chi connectivity index (χ1v) is 6.93. The minimum Gasteiger partial charge on any atom is -0.467 e. The summed E-state index contributed by atoms with van der Waals surface area (Å²) in [7, 11) is 0. The summed E-state index contributed by atoms with van der Waals surface area (Å²) < 4.78 is 5.87. The highest BCUT2D eigenvalue weighted by molar-refractivity contribution is 5.95. The second-order valence-corrected chi connectivity index (χ2v) is 4.74. The van der Waals surface area contributed by atoms with Crippen molar-refractivity contribution >= 4 is 5.90 Å². The molecule has 1 atom stereocenters. The van der Waals surface area contributed by atoms with E-state index >= 15 is 0 Å². The summed E-state index contributed by atoms with van der Waals surface area (Å²) in [6.07, 6.45) is 7.79. The van der Waals surface area contributed by atoms with Gasteiger partial charge in [0.2, 0.25) is 5.90 Å². The van der Waals surface area contributed by atoms with Crippen LogP contribution in [0.15, 0.2) is 59.6 Å². The van der Waals surface area contributed by atoms with Crippen LogP contribution >= 0.6 is 0 Å². The molecule has 2 heteroatoms. The van der Waals surface area contributed by atoms with Crippen LogP contribution in [0, 0.1) is 0 Å². The number of unbranched alkanes of at least 4 members (excludes halogenated alkanes) is 2. The molecule has 0 aromatic heterocycles. The predicted molar refractivity (Wildman–Crippen MR) is 80.5 cm³/mol. The Labute approximate surface area is 115 Å². The lowest BCUT2D eigenvalue weighted by atomic mass is 10.1. The lowest BCUT2D eigenvalue weighted by molar-refractivity contribution is 0.266. The molecule has 1 aliphatic rings. The molecule has 0 amide bonds. The number of hydrogen-bond acceptors (Lipinski definition) is 2. The second kappa shape index (κ2) is 6.93. The van der Waals surface area contributed by atoms with Gasteiger partial charge in [0.05, 0.1) is 6.54 Å². The fourth-order valence-corrected chi connectivity index (χ4v) is 1.97. The van der Waals surface area contributed by atoms with E-state index in [4.69, 9.17) is 4.74 Å². The average molecular weight is 255 g/mol. The smallest absolute Gasteiger partial charge is 0.216 e. The van der Waals surface area contributed by atoms with E-state index in [-0.39, 0.29) is 6.10 Å². The molecule has 19 heavy (non-hydrogen) atoms. The lowest BCUT2D eigenvalue weighted by Gasteiger charge is -2.11. The third kappa shape index (κ3) is 3.82. The van der Waals surface area contributed by atoms with E-state index in [9.17, 15) is 0 Å². The maximum atomic E-state index is 5.87. The number of rotatable bonds is 6. The Morgan fingerprint density at radius 2 is 2.21 bits per heavy atom. The van der Waals surface area contributed by atoms with E-state index in [1.165, 1.54) is 12.8 Å². The summed E-state index contributed by atoms with van der Waals surface area (Å²) in [6.45, 7) is 6.94. The highest BCUT2D eigenvalue weighted by atomic mass is 16.5. The summed E-state index contributed by atoms with van der Waals surface area (Å²) in [6, 6.07) is 10.0. The van der Waals surface area contributed by atoms with Gasteiger partial charge in [0.25, 0.3) is 0 Å². The molecule has 1 unspecified atom stereocenters. The van der Waals surface area contributed by atoms with Crippen molar-refractivity contribution in [1.29, 1.82) is 0 Å². The van der Waals surface area contributed by atoms with Gasteiger partial charge in [-0.3, -0.25) is 0 Å². The van der Waals surface area contributed by atoms with Crippen molar-refractivity contribution in [3.05, 3.63) is 60.2 Å². The van der Waals surface area contributed by atoms with Gasteiger partial charge >= 0.3 is 0 Å². The van der Waals surface area contributed by atoms with Gasteiger partial charge in [0.1, 0.15) is 6.10 Å². The summed E-state index contributed by atoms with van der Waals surface area (Å²) in [5.41, 5.74) is 2.04. The van der Waals surface area contributed by atoms with Crippen LogP contribution in [0.1, 0.15) is 31.7 Å². The number of aliphatic imine (C=N–C) groups is 1. The molecular formula is C17H21NO. The van der Waals surface area contributed by atoms with Crippen LogP contribution in [0.2, 0.25) is 0 Å². The number of hydrogen-bond donors (Lipinski definition) is 0. The number of allylic oxidation sites excluding steroid dienone is 1. The first kappa shape index (κ1) is 13.6. The van der Waals surface area contributed by atoms with Gasteiger partial charge in [-0.25, -0.2) is 4.99 Å². The molecule has 2 nitrogen and oxygen atoms in total. The minimum atomic E-state index is -0.00640. The monoisotopic (exact) mass is 255 g/mol. The van der Waals surface area contributed by atoms with Gasteiger partial charge < -0.3 is 4.74 Å². The van der Waals surface area contributed by atoms with Gasteiger partial charge in [-0.2, -0.15) is 0 Å². The summed E-state index contributed by atoms with van der Waals surface area (Å²) in [4.78, 5) is 4.45. The normalized spacial score (nSPS) is 18.4. The van der Waals surface area contributed by atoms with Crippen molar-refractivity contribution in [2.45, 2.75) is 32.3 Å². The largest absolute Gasteiger partial charge is 0.467 e. The predicted octanol–water partition coefficient (Wildman–Crippen LogP) is 4.13. The molecular weight excluding hydrogens is 234 g/mol. The third-order valence-electron chi connectivity index (χ3n) is 3.15. The molecule has 2 rings (SSSR count). The van der Waals surface area contributed by atoms with E-state index < -0.39 is 0 Å². The second-order valence-electron chi connectivity index (χ2n) is 4.74. The molecule has 1 aromatic rings. The summed E-state index contributed by atoms with van der Waals surface area (Å²) >= 11 is 0. The zero-order chi connectivity index (χ0) is 13.5. The van der Waals surface area contributed by atoms with Crippen molar-refractivity contribution < 1.29 is 4.74 Å². The van der Waals surface area contributed by atoms with Crippen LogP contribution in [-0.2, 0) is 4.74 Å². The topological polar surface area (TPSA) is 21.6 Å². The van der Waals surface area contributed by atoms with Crippen LogP contribution in [0.4, 0.5) is 0 Å². The molecule has 0 radical (unpaired) electrons. The molecule has 0 bridgehead atoms. The van der Waals surface area contributed by atoms with Crippen LogP contribution in [-0.4, -0.2) is 18.5 Å². The van der Waals surface area contributed by atoms with Gasteiger partial charge in [-0.15, -0.1) is 0 Å². The van der Waals surface area contributed by atoms with E-state index in [0.717, 1.165) is 23.5 Å². The molecule has 0 aliphatic carbocycles. The Bertz CT molecular complexity index is 473. The molecule has 0 saturated heterocycles. The SMILES string of the molecule is C=C(/C=C/CCCC)C1CN=C(c2ccccc2)O1. The summed E-state index contributed by atoms with van der Waals surface area (Å²) in [5.74, 6) is 0.730. The Balaban J connectivity index is 1.87. The first-order valence-electron chi connectivity index (χ1n) is 6.93. The molecule has 1 aliphatic heterocycles. The fraction of sp³-hybridized carbons (Fsp3) is 0.353. The summed E-state index contributed by atoms with van der Waals surface area (Å²) in [5, 5.41) is 0. The zero-order valence-corrected chi connectivity index (χ0v) is 11.5.